The number of aromatic nitrogens is 1. The second-order valence-corrected chi connectivity index (χ2v) is 3.81. The molecule has 1 amide bonds. The number of nitrogens with one attached hydrogen (secondary N) is 1. The monoisotopic (exact) mass is 256 g/mol. The lowest BCUT2D eigenvalue weighted by Crippen LogP contribution is -2.44. The fourth-order valence-corrected chi connectivity index (χ4v) is 1.48. The molecule has 0 fully saturated rings. The molecule has 7 heteroatoms. The number of carbonyl (C=O) groups excluding carboxylic acids is 2. The minimum Gasteiger partial charge on any atom is -0.467 e. The Morgan fingerprint density at radius 1 is 1.50 bits per heavy atom. The van der Waals surface area contributed by atoms with Crippen molar-refractivity contribution in [2.75, 3.05) is 13.7 Å². The Morgan fingerprint density at radius 2 is 2.17 bits per heavy atom. The van der Waals surface area contributed by atoms with E-state index in [1.807, 2.05) is 0 Å². The molecule has 0 radical (unpaired) electrons. The molecule has 0 aliphatic heterocycles. The Hall–Kier alpha value is -1.89. The summed E-state index contributed by atoms with van der Waals surface area (Å²) in [5.74, 6) is -0.542. The Balaban J connectivity index is 2.64. The van der Waals surface area contributed by atoms with Crippen molar-refractivity contribution >= 4 is 11.9 Å². The van der Waals surface area contributed by atoms with Crippen LogP contribution < -0.4 is 5.32 Å². The van der Waals surface area contributed by atoms with Gasteiger partial charge < -0.3 is 19.7 Å². The summed E-state index contributed by atoms with van der Waals surface area (Å²) < 4.78 is 9.37. The molecule has 18 heavy (non-hydrogen) atoms. The maximum atomic E-state index is 11.7. The van der Waals surface area contributed by atoms with E-state index in [1.54, 1.807) is 13.8 Å². The van der Waals surface area contributed by atoms with Crippen molar-refractivity contribution in [2.45, 2.75) is 26.3 Å². The Labute approximate surface area is 104 Å². The second-order valence-electron chi connectivity index (χ2n) is 3.81. The first-order valence-electron chi connectivity index (χ1n) is 5.39. The number of aliphatic hydroxyl groups is 1. The summed E-state index contributed by atoms with van der Waals surface area (Å²) in [5, 5.41) is 15.1. The van der Waals surface area contributed by atoms with Crippen LogP contribution in [0.15, 0.2) is 4.52 Å². The molecule has 0 aromatic carbocycles. The van der Waals surface area contributed by atoms with Gasteiger partial charge in [0, 0.05) is 5.56 Å². The lowest BCUT2D eigenvalue weighted by molar-refractivity contribution is -0.146. The molecule has 1 aromatic rings. The lowest BCUT2D eigenvalue weighted by atomic mass is 10.1. The first-order chi connectivity index (χ1) is 8.49. The molecular weight excluding hydrogens is 240 g/mol. The highest BCUT2D eigenvalue weighted by Gasteiger charge is 2.22. The van der Waals surface area contributed by atoms with E-state index in [-0.39, 0.29) is 6.42 Å². The third kappa shape index (κ3) is 3.30. The summed E-state index contributed by atoms with van der Waals surface area (Å²) in [7, 11) is 1.19. The van der Waals surface area contributed by atoms with Crippen molar-refractivity contribution in [3.63, 3.8) is 0 Å². The predicted molar refractivity (Wildman–Crippen MR) is 60.7 cm³/mol. The van der Waals surface area contributed by atoms with Gasteiger partial charge in [0.05, 0.1) is 25.8 Å². The molecule has 0 saturated heterocycles. The van der Waals surface area contributed by atoms with Crippen molar-refractivity contribution in [1.29, 1.82) is 0 Å². The molecule has 1 heterocycles. The van der Waals surface area contributed by atoms with Crippen molar-refractivity contribution in [2.24, 2.45) is 0 Å². The SMILES string of the molecule is COC(=O)C(CO)NC(=O)Cc1c(C)noc1C. The van der Waals surface area contributed by atoms with Gasteiger partial charge in [-0.1, -0.05) is 5.16 Å². The summed E-state index contributed by atoms with van der Waals surface area (Å²) in [6.07, 6.45) is 0.0364. The van der Waals surface area contributed by atoms with Gasteiger partial charge in [-0.2, -0.15) is 0 Å². The minimum atomic E-state index is -1.05. The number of amides is 1. The highest BCUT2D eigenvalue weighted by atomic mass is 16.5. The van der Waals surface area contributed by atoms with Crippen LogP contribution in [0.25, 0.3) is 0 Å². The number of nitrogens with zero attached hydrogens (tertiary/aromatic N) is 1. The van der Waals surface area contributed by atoms with Crippen molar-refractivity contribution < 1.29 is 24.0 Å². The predicted octanol–water partition coefficient (Wildman–Crippen LogP) is -0.516. The Bertz CT molecular complexity index is 421. The number of esters is 1. The second kappa shape index (κ2) is 6.15. The van der Waals surface area contributed by atoms with Crippen LogP contribution >= 0.6 is 0 Å². The van der Waals surface area contributed by atoms with E-state index in [2.05, 4.69) is 15.2 Å². The molecule has 100 valence electrons. The zero-order valence-corrected chi connectivity index (χ0v) is 10.5. The van der Waals surface area contributed by atoms with Gasteiger partial charge in [-0.15, -0.1) is 0 Å². The van der Waals surface area contributed by atoms with E-state index in [0.29, 0.717) is 17.0 Å². The largest absolute Gasteiger partial charge is 0.467 e. The molecular formula is C11H16N2O5. The normalized spacial score (nSPS) is 12.0. The maximum Gasteiger partial charge on any atom is 0.330 e. The van der Waals surface area contributed by atoms with Gasteiger partial charge in [0.15, 0.2) is 6.04 Å². The zero-order valence-electron chi connectivity index (χ0n) is 10.5. The summed E-state index contributed by atoms with van der Waals surface area (Å²) in [6.45, 7) is 2.91. The van der Waals surface area contributed by atoms with Crippen LogP contribution in [-0.4, -0.2) is 41.9 Å². The minimum absolute atomic E-state index is 0.0364. The van der Waals surface area contributed by atoms with Crippen molar-refractivity contribution in [3.05, 3.63) is 17.0 Å². The smallest absolute Gasteiger partial charge is 0.330 e. The highest BCUT2D eigenvalue weighted by molar-refractivity contribution is 5.85. The number of aliphatic hydroxyl groups excluding tert-OH is 1. The van der Waals surface area contributed by atoms with Crippen LogP contribution in [-0.2, 0) is 20.7 Å². The topological polar surface area (TPSA) is 102 Å². The van der Waals surface area contributed by atoms with E-state index < -0.39 is 24.5 Å². The number of hydrogen-bond donors (Lipinski definition) is 2. The van der Waals surface area contributed by atoms with Gasteiger partial charge in [-0.3, -0.25) is 4.79 Å². The van der Waals surface area contributed by atoms with Gasteiger partial charge in [0.1, 0.15) is 5.76 Å². The summed E-state index contributed by atoms with van der Waals surface area (Å²) >= 11 is 0. The van der Waals surface area contributed by atoms with Gasteiger partial charge >= 0.3 is 5.97 Å². The zero-order chi connectivity index (χ0) is 13.7. The third-order valence-electron chi connectivity index (χ3n) is 2.52. The lowest BCUT2D eigenvalue weighted by Gasteiger charge is -2.13. The first kappa shape index (κ1) is 14.2. The first-order valence-corrected chi connectivity index (χ1v) is 5.39. The summed E-state index contributed by atoms with van der Waals surface area (Å²) in [4.78, 5) is 22.9. The van der Waals surface area contributed by atoms with Gasteiger partial charge in [0.2, 0.25) is 5.91 Å². The van der Waals surface area contributed by atoms with Crippen LogP contribution in [0.4, 0.5) is 0 Å². The highest BCUT2D eigenvalue weighted by Crippen LogP contribution is 2.12. The van der Waals surface area contributed by atoms with Crippen LogP contribution in [0.2, 0.25) is 0 Å². The van der Waals surface area contributed by atoms with Crippen LogP contribution in [0.5, 0.6) is 0 Å². The van der Waals surface area contributed by atoms with Crippen molar-refractivity contribution in [1.82, 2.24) is 10.5 Å². The molecule has 7 nitrogen and oxygen atoms in total. The van der Waals surface area contributed by atoms with Crippen LogP contribution in [0.1, 0.15) is 17.0 Å². The fourth-order valence-electron chi connectivity index (χ4n) is 1.48. The molecule has 0 aliphatic carbocycles. The number of rotatable bonds is 5. The van der Waals surface area contributed by atoms with E-state index >= 15 is 0 Å². The van der Waals surface area contributed by atoms with E-state index in [0.717, 1.165) is 0 Å². The molecule has 0 saturated carbocycles. The fraction of sp³-hybridized carbons (Fsp3) is 0.545. The van der Waals surface area contributed by atoms with E-state index in [1.165, 1.54) is 7.11 Å². The standard InChI is InChI=1S/C11H16N2O5/c1-6-8(7(2)18-13-6)4-10(15)12-9(5-14)11(16)17-3/h9,14H,4-5H2,1-3H3,(H,12,15). The molecule has 1 rings (SSSR count). The van der Waals surface area contributed by atoms with Crippen LogP contribution in [0.3, 0.4) is 0 Å². The third-order valence-corrected chi connectivity index (χ3v) is 2.52. The van der Waals surface area contributed by atoms with Crippen molar-refractivity contribution in [3.8, 4) is 0 Å². The molecule has 1 unspecified atom stereocenters. The Morgan fingerprint density at radius 3 is 2.61 bits per heavy atom. The summed E-state index contributed by atoms with van der Waals surface area (Å²) in [6, 6.07) is -1.05. The van der Waals surface area contributed by atoms with Gasteiger partial charge in [-0.05, 0) is 13.8 Å². The molecule has 0 aliphatic rings. The van der Waals surface area contributed by atoms with Gasteiger partial charge in [-0.25, -0.2) is 4.79 Å². The van der Waals surface area contributed by atoms with E-state index in [4.69, 9.17) is 9.63 Å². The molecule has 1 aromatic heterocycles. The molecule has 0 bridgehead atoms. The average Bonchev–Trinajstić information content (AvgIpc) is 2.66. The van der Waals surface area contributed by atoms with Crippen LogP contribution in [0, 0.1) is 13.8 Å². The molecule has 2 N–H and O–H groups in total. The van der Waals surface area contributed by atoms with E-state index in [9.17, 15) is 9.59 Å². The number of aryl methyl sites for hydroxylation is 2. The molecule has 1 atom stereocenters. The number of carbonyl (C=O) groups is 2. The Kier molecular flexibility index (Phi) is 4.85. The quantitative estimate of drug-likeness (QED) is 0.688. The van der Waals surface area contributed by atoms with Gasteiger partial charge in [0.25, 0.3) is 0 Å². The number of hydrogen-bond acceptors (Lipinski definition) is 6. The number of methoxy groups -OCH3 is 1. The average molecular weight is 256 g/mol. The molecule has 0 spiro atoms. The number of ether oxygens (including phenoxy) is 1. The maximum absolute atomic E-state index is 11.7. The summed E-state index contributed by atoms with van der Waals surface area (Å²) in [5.41, 5.74) is 1.30.